The quantitative estimate of drug-likeness (QED) is 0.481. The zero-order valence-electron chi connectivity index (χ0n) is 16.8. The largest absolute Gasteiger partial charge is 0.401 e. The van der Waals surface area contributed by atoms with Crippen LogP contribution in [0.15, 0.2) is 75.4 Å². The summed E-state index contributed by atoms with van der Waals surface area (Å²) in [6, 6.07) is 11.7. The first-order valence-corrected chi connectivity index (χ1v) is 11.5. The van der Waals surface area contributed by atoms with Crippen LogP contribution in [0.1, 0.15) is 23.3 Å². The van der Waals surface area contributed by atoms with Crippen LogP contribution in [-0.4, -0.2) is 43.1 Å². The summed E-state index contributed by atoms with van der Waals surface area (Å²) < 4.78 is 11.0. The molecule has 1 aromatic carbocycles. The first kappa shape index (κ1) is 20.2. The molecule has 0 atom stereocenters. The smallest absolute Gasteiger partial charge is 0.363 e. The maximum absolute atomic E-state index is 12.5. The lowest BCUT2D eigenvalue weighted by atomic mass is 10.1. The molecule has 1 fully saturated rings. The molecule has 0 spiro atoms. The molecule has 0 unspecified atom stereocenters. The van der Waals surface area contributed by atoms with Gasteiger partial charge in [-0.15, -0.1) is 11.3 Å². The van der Waals surface area contributed by atoms with Crippen molar-refractivity contribution in [3.63, 3.8) is 0 Å². The predicted octanol–water partition coefficient (Wildman–Crippen LogP) is 5.05. The Kier molecular flexibility index (Phi) is 5.76. The van der Waals surface area contributed by atoms with Gasteiger partial charge in [0.2, 0.25) is 5.90 Å². The minimum Gasteiger partial charge on any atom is -0.401 e. The molecule has 3 heterocycles. The van der Waals surface area contributed by atoms with Gasteiger partial charge in [0, 0.05) is 23.8 Å². The third-order valence-corrected chi connectivity index (χ3v) is 6.58. The number of carbonyl (C=O) groups is 1. The van der Waals surface area contributed by atoms with Crippen LogP contribution >= 0.6 is 22.9 Å². The fourth-order valence-electron chi connectivity index (χ4n) is 4.03. The summed E-state index contributed by atoms with van der Waals surface area (Å²) in [5.41, 5.74) is 5.02. The lowest BCUT2D eigenvalue weighted by Gasteiger charge is -2.31. The van der Waals surface area contributed by atoms with Crippen LogP contribution in [0.2, 0.25) is 5.02 Å². The Bertz CT molecular complexity index is 1110. The lowest BCUT2D eigenvalue weighted by Crippen LogP contribution is -2.36. The predicted molar refractivity (Wildman–Crippen MR) is 123 cm³/mol. The van der Waals surface area contributed by atoms with Gasteiger partial charge >= 0.3 is 5.97 Å². The van der Waals surface area contributed by atoms with E-state index in [1.165, 1.54) is 22.6 Å². The number of nitrogens with zero attached hydrogens (tertiary/aromatic N) is 2. The van der Waals surface area contributed by atoms with Gasteiger partial charge in [0.15, 0.2) is 5.70 Å². The Morgan fingerprint density at radius 3 is 2.61 bits per heavy atom. The van der Waals surface area contributed by atoms with Crippen LogP contribution in [0.25, 0.3) is 6.08 Å². The molecule has 3 aliphatic rings. The van der Waals surface area contributed by atoms with E-state index in [9.17, 15) is 4.79 Å². The first-order valence-electron chi connectivity index (χ1n) is 10.3. The van der Waals surface area contributed by atoms with Gasteiger partial charge in [0.25, 0.3) is 0 Å². The highest BCUT2D eigenvalue weighted by Gasteiger charge is 2.29. The van der Waals surface area contributed by atoms with Gasteiger partial charge in [-0.25, -0.2) is 9.79 Å². The molecule has 0 N–H and O–H groups in total. The molecular weight excluding hydrogens is 432 g/mol. The van der Waals surface area contributed by atoms with Gasteiger partial charge in [0.05, 0.1) is 18.1 Å². The van der Waals surface area contributed by atoms with Crippen LogP contribution < -0.4 is 0 Å². The average molecular weight is 453 g/mol. The summed E-state index contributed by atoms with van der Waals surface area (Å²) >= 11 is 7.55. The number of aliphatic imine (C=N–C) groups is 1. The molecule has 5 nitrogen and oxygen atoms in total. The second-order valence-electron chi connectivity index (χ2n) is 7.51. The second-order valence-corrected chi connectivity index (χ2v) is 8.89. The maximum atomic E-state index is 12.5. The highest BCUT2D eigenvalue weighted by Crippen LogP contribution is 2.37. The van der Waals surface area contributed by atoms with Crippen molar-refractivity contribution in [2.45, 2.75) is 12.8 Å². The number of hydrogen-bond acceptors (Lipinski definition) is 6. The summed E-state index contributed by atoms with van der Waals surface area (Å²) in [7, 11) is 0. The van der Waals surface area contributed by atoms with Crippen molar-refractivity contribution in [3.8, 4) is 0 Å². The molecule has 1 aliphatic carbocycles. The number of carbonyl (C=O) groups excluding carboxylic acids is 1. The normalized spacial score (nSPS) is 21.9. The summed E-state index contributed by atoms with van der Waals surface area (Å²) in [5.74, 6) is -0.0120. The molecule has 0 radical (unpaired) electrons. The Balaban J connectivity index is 1.53. The van der Waals surface area contributed by atoms with Gasteiger partial charge in [-0.05, 0) is 65.3 Å². The van der Waals surface area contributed by atoms with Crippen molar-refractivity contribution in [1.82, 2.24) is 4.90 Å². The van der Waals surface area contributed by atoms with E-state index < -0.39 is 5.97 Å². The highest BCUT2D eigenvalue weighted by molar-refractivity contribution is 7.12. The van der Waals surface area contributed by atoms with Crippen LogP contribution in [0.3, 0.4) is 0 Å². The van der Waals surface area contributed by atoms with Crippen LogP contribution in [-0.2, 0) is 14.3 Å². The molecule has 31 heavy (non-hydrogen) atoms. The van der Waals surface area contributed by atoms with Gasteiger partial charge < -0.3 is 14.4 Å². The van der Waals surface area contributed by atoms with E-state index in [0.29, 0.717) is 24.8 Å². The van der Waals surface area contributed by atoms with Gasteiger partial charge in [0.1, 0.15) is 0 Å². The Labute approximate surface area is 189 Å². The number of cyclic esters (lactones) is 1. The zero-order chi connectivity index (χ0) is 21.2. The standard InChI is InChI=1S/C24H21ClN2O3S/c25-19-7-3-16(4-8-19)14-17-5-6-18(22(17)27-9-11-29-12-10-27)15-20-24(28)30-23(26-20)21-2-1-13-31-21/h1-4,7-8,13-15H,5-6,9-12H2. The number of allylic oxidation sites excluding steroid dienone is 3. The molecule has 1 saturated heterocycles. The van der Waals surface area contributed by atoms with Gasteiger partial charge in [-0.2, -0.15) is 0 Å². The minimum absolute atomic E-state index is 0.358. The third kappa shape index (κ3) is 4.37. The molecule has 5 rings (SSSR count). The SMILES string of the molecule is O=C1OC(c2cccs2)=NC1=CC1=C(N2CCOCC2)C(=Cc2ccc(Cl)cc2)CC1. The second kappa shape index (κ2) is 8.83. The lowest BCUT2D eigenvalue weighted by molar-refractivity contribution is -0.130. The summed E-state index contributed by atoms with van der Waals surface area (Å²) in [4.78, 5) is 20.2. The molecule has 158 valence electrons. The van der Waals surface area contributed by atoms with Crippen LogP contribution in [0.5, 0.6) is 0 Å². The van der Waals surface area contributed by atoms with Gasteiger partial charge in [-0.1, -0.05) is 29.8 Å². The fourth-order valence-corrected chi connectivity index (χ4v) is 4.80. The highest BCUT2D eigenvalue weighted by atomic mass is 35.5. The zero-order valence-corrected chi connectivity index (χ0v) is 18.4. The van der Waals surface area contributed by atoms with Crippen molar-refractivity contribution < 1.29 is 14.3 Å². The average Bonchev–Trinajstić information content (AvgIpc) is 3.52. The number of benzene rings is 1. The molecule has 2 aromatic rings. The van der Waals surface area contributed by atoms with E-state index in [1.807, 2.05) is 47.9 Å². The maximum Gasteiger partial charge on any atom is 0.363 e. The topological polar surface area (TPSA) is 51.1 Å². The first-order chi connectivity index (χ1) is 15.2. The number of morpholine rings is 1. The Morgan fingerprint density at radius 2 is 1.87 bits per heavy atom. The number of hydrogen-bond donors (Lipinski definition) is 0. The van der Waals surface area contributed by atoms with Crippen LogP contribution in [0.4, 0.5) is 0 Å². The van der Waals surface area contributed by atoms with E-state index in [0.717, 1.165) is 47.0 Å². The summed E-state index contributed by atoms with van der Waals surface area (Å²) in [5, 5.41) is 2.67. The van der Waals surface area contributed by atoms with Crippen molar-refractivity contribution >= 4 is 40.9 Å². The molecule has 0 amide bonds. The van der Waals surface area contributed by atoms with Crippen LogP contribution in [0, 0.1) is 0 Å². The third-order valence-electron chi connectivity index (χ3n) is 5.47. The van der Waals surface area contributed by atoms with E-state index >= 15 is 0 Å². The van der Waals surface area contributed by atoms with E-state index in [-0.39, 0.29) is 0 Å². The number of thiophene rings is 1. The fraction of sp³-hybridized carbons (Fsp3) is 0.250. The van der Waals surface area contributed by atoms with Crippen molar-refractivity contribution in [3.05, 3.63) is 85.9 Å². The Morgan fingerprint density at radius 1 is 1.06 bits per heavy atom. The number of rotatable bonds is 4. The number of esters is 1. The molecule has 2 aliphatic heterocycles. The summed E-state index contributed by atoms with van der Waals surface area (Å²) in [6.07, 6.45) is 5.87. The van der Waals surface area contributed by atoms with Crippen molar-refractivity contribution in [2.75, 3.05) is 26.3 Å². The van der Waals surface area contributed by atoms with Crippen molar-refractivity contribution in [1.29, 1.82) is 0 Å². The molecule has 0 bridgehead atoms. The van der Waals surface area contributed by atoms with Gasteiger partial charge in [-0.3, -0.25) is 0 Å². The molecule has 1 aromatic heterocycles. The van der Waals surface area contributed by atoms with E-state index in [1.54, 1.807) is 0 Å². The van der Waals surface area contributed by atoms with E-state index in [2.05, 4.69) is 16.0 Å². The van der Waals surface area contributed by atoms with Crippen molar-refractivity contribution in [2.24, 2.45) is 4.99 Å². The molecule has 7 heteroatoms. The van der Waals surface area contributed by atoms with E-state index in [4.69, 9.17) is 21.1 Å². The molecular formula is C24H21ClN2O3S. The summed E-state index contributed by atoms with van der Waals surface area (Å²) in [6.45, 7) is 3.05. The Hall–Kier alpha value is -2.67. The number of ether oxygens (including phenoxy) is 2. The monoisotopic (exact) mass is 452 g/mol. The molecule has 0 saturated carbocycles. The minimum atomic E-state index is -0.396. The number of halogens is 1.